The van der Waals surface area contributed by atoms with Gasteiger partial charge in [0.25, 0.3) is 0 Å². The van der Waals surface area contributed by atoms with Crippen molar-refractivity contribution in [3.63, 3.8) is 0 Å². The van der Waals surface area contributed by atoms with Gasteiger partial charge in [-0.25, -0.2) is 0 Å². The molecule has 0 aliphatic heterocycles. The fourth-order valence-corrected chi connectivity index (χ4v) is 0.286. The second-order valence-corrected chi connectivity index (χ2v) is 4.65. The normalized spacial score (nSPS) is 9.40. The van der Waals surface area contributed by atoms with Gasteiger partial charge in [0.1, 0.15) is 0 Å². The van der Waals surface area contributed by atoms with Gasteiger partial charge in [-0.1, -0.05) is 6.92 Å². The molecule has 0 heterocycles. The topological polar surface area (TPSA) is 101 Å². The predicted molar refractivity (Wildman–Crippen MR) is 76.5 cm³/mol. The number of aliphatic hydroxyl groups is 3. The molecular weight excluding hydrogens is 296 g/mol. The van der Waals surface area contributed by atoms with Gasteiger partial charge in [-0.3, -0.25) is 4.79 Å². The molecule has 20 heavy (non-hydrogen) atoms. The van der Waals surface area contributed by atoms with Crippen molar-refractivity contribution in [3.8, 4) is 0 Å². The number of aliphatic hydroxyl groups excluding tert-OH is 3. The van der Waals surface area contributed by atoms with E-state index in [2.05, 4.69) is 0 Å². The van der Waals surface area contributed by atoms with Crippen LogP contribution in [0, 0.1) is 0 Å². The van der Waals surface area contributed by atoms with Gasteiger partial charge in [-0.2, -0.15) is 0 Å². The summed E-state index contributed by atoms with van der Waals surface area (Å²) in [5.74, 6) is -0.375. The van der Waals surface area contributed by atoms with Crippen LogP contribution >= 0.6 is 0 Å². The number of hydrogen-bond donors (Lipinski definition) is 3. The number of hydrogen-bond acceptors (Lipinski definition) is 5. The fraction of sp³-hybridized carbons (Fsp3) is 0.786. The van der Waals surface area contributed by atoms with Crippen LogP contribution in [-0.4, -0.2) is 39.4 Å². The molecule has 122 valence electrons. The van der Waals surface area contributed by atoms with Crippen molar-refractivity contribution in [2.24, 2.45) is 0 Å². The van der Waals surface area contributed by atoms with E-state index < -0.39 is 0 Å². The number of allylic oxidation sites excluding steroid dienone is 2. The smallest absolute Gasteiger partial charge is 0.151 e. The van der Waals surface area contributed by atoms with E-state index in [4.69, 9.17) is 15.3 Å². The van der Waals surface area contributed by atoms with Crippen molar-refractivity contribution < 1.29 is 46.9 Å². The minimum absolute atomic E-state index is 0. The second-order valence-electron chi connectivity index (χ2n) is 4.65. The van der Waals surface area contributed by atoms with E-state index in [0.29, 0.717) is 0 Å². The summed E-state index contributed by atoms with van der Waals surface area (Å²) in [4.78, 5) is 9.98. The average Bonchev–Trinajstić information content (AvgIpc) is 1.95. The van der Waals surface area contributed by atoms with Crippen molar-refractivity contribution in [3.05, 3.63) is 11.8 Å². The van der Waals surface area contributed by atoms with Gasteiger partial charge in [0.05, 0.1) is 0 Å². The Balaban J connectivity index is -0.0000000512. The van der Waals surface area contributed by atoms with Crippen LogP contribution in [0.3, 0.4) is 0 Å². The molecule has 0 saturated carbocycles. The molecule has 0 aliphatic rings. The van der Waals surface area contributed by atoms with E-state index in [1.807, 2.05) is 0 Å². The van der Waals surface area contributed by atoms with Gasteiger partial charge in [0, 0.05) is 40.0 Å². The van der Waals surface area contributed by atoms with Gasteiger partial charge < -0.3 is 20.4 Å². The van der Waals surface area contributed by atoms with Crippen LogP contribution in [0.5, 0.6) is 0 Å². The third-order valence-corrected chi connectivity index (χ3v) is 0.407. The minimum Gasteiger partial charge on any atom is -0.876 e. The Morgan fingerprint density at radius 1 is 0.850 bits per heavy atom. The molecule has 0 unspecified atom stereocenters. The summed E-state index contributed by atoms with van der Waals surface area (Å²) >= 11 is 0. The zero-order valence-corrected chi connectivity index (χ0v) is 15.5. The van der Waals surface area contributed by atoms with Gasteiger partial charge in [-0.05, 0) is 54.5 Å². The zero-order chi connectivity index (χ0) is 16.6. The maximum absolute atomic E-state index is 9.98. The summed E-state index contributed by atoms with van der Waals surface area (Å²) in [5.41, 5.74) is 0. The molecule has 0 bridgehead atoms. The van der Waals surface area contributed by atoms with Crippen LogP contribution in [0.2, 0.25) is 0 Å². The summed E-state index contributed by atoms with van der Waals surface area (Å²) in [5, 5.41) is 34.1. The molecule has 0 atom stereocenters. The number of rotatable bonds is 1. The molecule has 0 radical (unpaired) electrons. The molecule has 6 heteroatoms. The maximum Gasteiger partial charge on any atom is 0.151 e. The summed E-state index contributed by atoms with van der Waals surface area (Å²) in [6.45, 7) is 13.0. The summed E-state index contributed by atoms with van der Waals surface area (Å²) < 4.78 is 0. The largest absolute Gasteiger partial charge is 0.876 e. The Morgan fingerprint density at radius 3 is 1.00 bits per heavy atom. The van der Waals surface area contributed by atoms with E-state index in [9.17, 15) is 9.90 Å². The van der Waals surface area contributed by atoms with Crippen molar-refractivity contribution >= 4 is 5.78 Å². The molecule has 0 aliphatic carbocycles. The van der Waals surface area contributed by atoms with Crippen LogP contribution in [0.25, 0.3) is 0 Å². The number of carbonyl (C=O) groups is 1. The monoisotopic (exact) mass is 327 g/mol. The van der Waals surface area contributed by atoms with Crippen LogP contribution in [0.1, 0.15) is 55.4 Å². The minimum atomic E-state index is -0.187. The summed E-state index contributed by atoms with van der Waals surface area (Å²) in [6.07, 6.45) is 0.556. The van der Waals surface area contributed by atoms with E-state index in [1.54, 1.807) is 41.5 Å². The molecular formula is C14H31O5Ti-. The third-order valence-electron chi connectivity index (χ3n) is 0.407. The standard InChI is InChI=1S/C5H8O2.3C3H8O.Ti/c1-4(6)3-5(2)7;3*1-3(2)4;/h3,6H,1-2H3;3*3-4H,1-2H3;/p-1/b4-3-;;;;. The zero-order valence-electron chi connectivity index (χ0n) is 14.0. The van der Waals surface area contributed by atoms with E-state index in [0.717, 1.165) is 6.08 Å². The molecule has 3 N–H and O–H groups in total. The van der Waals surface area contributed by atoms with E-state index in [-0.39, 0.29) is 51.6 Å². The molecule has 0 amide bonds. The molecule has 0 spiro atoms. The number of ketones is 1. The molecule has 0 aromatic heterocycles. The first kappa shape index (κ1) is 32.0. The van der Waals surface area contributed by atoms with Crippen LogP contribution in [0.4, 0.5) is 0 Å². The fourth-order valence-electron chi connectivity index (χ4n) is 0.286. The third kappa shape index (κ3) is 347. The first-order valence-electron chi connectivity index (χ1n) is 6.22. The quantitative estimate of drug-likeness (QED) is 0.379. The predicted octanol–water partition coefficient (Wildman–Crippen LogP) is 0.998. The van der Waals surface area contributed by atoms with Crippen LogP contribution in [-0.2, 0) is 26.5 Å². The Bertz CT molecular complexity index is 187. The first-order valence-corrected chi connectivity index (χ1v) is 6.22. The summed E-state index contributed by atoms with van der Waals surface area (Å²) in [7, 11) is 0. The van der Waals surface area contributed by atoms with Crippen LogP contribution in [0.15, 0.2) is 11.8 Å². The molecule has 5 nitrogen and oxygen atoms in total. The maximum atomic E-state index is 9.98. The Kier molecular flexibility index (Phi) is 38.1. The Labute approximate surface area is 138 Å². The molecule has 0 rings (SSSR count). The molecule has 0 aromatic rings. The van der Waals surface area contributed by atoms with E-state index >= 15 is 0 Å². The molecule has 0 saturated heterocycles. The van der Waals surface area contributed by atoms with Crippen molar-refractivity contribution in [2.45, 2.75) is 73.7 Å². The Hall–Kier alpha value is -0.196. The van der Waals surface area contributed by atoms with Crippen LogP contribution < -0.4 is 5.11 Å². The molecule has 0 fully saturated rings. The van der Waals surface area contributed by atoms with Gasteiger partial charge >= 0.3 is 0 Å². The Morgan fingerprint density at radius 2 is 1.00 bits per heavy atom. The first-order chi connectivity index (χ1) is 8.32. The van der Waals surface area contributed by atoms with Crippen molar-refractivity contribution in [1.29, 1.82) is 0 Å². The van der Waals surface area contributed by atoms with Crippen molar-refractivity contribution in [1.82, 2.24) is 0 Å². The number of carbonyl (C=O) groups excluding carboxylic acids is 1. The SMILES string of the molecule is CC(=O)/C=C(/C)[O-].CC(C)O.CC(C)O.CC(C)O.[Ti]. The second kappa shape index (κ2) is 23.9. The van der Waals surface area contributed by atoms with E-state index in [1.165, 1.54) is 13.8 Å². The van der Waals surface area contributed by atoms with Gasteiger partial charge in [0.2, 0.25) is 0 Å². The summed E-state index contributed by atoms with van der Waals surface area (Å²) in [6, 6.07) is 0. The van der Waals surface area contributed by atoms with Gasteiger partial charge in [0.15, 0.2) is 5.78 Å². The van der Waals surface area contributed by atoms with Crippen molar-refractivity contribution in [2.75, 3.05) is 0 Å². The average molecular weight is 327 g/mol. The molecule has 0 aromatic carbocycles. The van der Waals surface area contributed by atoms with Gasteiger partial charge in [-0.15, -0.1) is 5.76 Å².